The van der Waals surface area contributed by atoms with Crippen LogP contribution in [-0.2, 0) is 11.0 Å². The number of carbonyl (C=O) groups is 2. The van der Waals surface area contributed by atoms with Crippen LogP contribution in [0.4, 0.5) is 46.4 Å². The summed E-state index contributed by atoms with van der Waals surface area (Å²) in [6.45, 7) is 0. The van der Waals surface area contributed by atoms with Gasteiger partial charge in [0.05, 0.1) is 29.6 Å². The Bertz CT molecular complexity index is 1580. The lowest BCUT2D eigenvalue weighted by atomic mass is 10.1. The molecule has 5 N–H and O–H groups in total. The maximum absolute atomic E-state index is 13.0. The van der Waals surface area contributed by atoms with Crippen molar-refractivity contribution in [2.45, 2.75) is 6.18 Å². The molecule has 11 heteroatoms. The highest BCUT2D eigenvalue weighted by Gasteiger charge is 2.30. The lowest BCUT2D eigenvalue weighted by Gasteiger charge is -2.15. The third-order valence-electron chi connectivity index (χ3n) is 5.91. The Kier molecular flexibility index (Phi) is 6.72. The van der Waals surface area contributed by atoms with Gasteiger partial charge in [-0.15, -0.1) is 0 Å². The first-order chi connectivity index (χ1) is 18.7. The third-order valence-corrected chi connectivity index (χ3v) is 5.91. The van der Waals surface area contributed by atoms with E-state index in [1.807, 2.05) is 24.3 Å². The number of alkyl halides is 3. The molecule has 0 unspecified atom stereocenters. The molecular formula is C28H22F3N5O3. The Labute approximate surface area is 220 Å². The van der Waals surface area contributed by atoms with Crippen LogP contribution in [0.3, 0.4) is 0 Å². The lowest BCUT2D eigenvalue weighted by Crippen LogP contribution is -2.20. The van der Waals surface area contributed by atoms with E-state index in [1.54, 1.807) is 36.5 Å². The molecule has 8 nitrogen and oxygen atoms in total. The van der Waals surface area contributed by atoms with Crippen LogP contribution < -0.4 is 26.0 Å². The van der Waals surface area contributed by atoms with Crippen LogP contribution in [0, 0.1) is 0 Å². The van der Waals surface area contributed by atoms with Gasteiger partial charge in [-0.05, 0) is 66.7 Å². The van der Waals surface area contributed by atoms with Crippen LogP contribution in [0.2, 0.25) is 0 Å². The summed E-state index contributed by atoms with van der Waals surface area (Å²) >= 11 is 0. The zero-order chi connectivity index (χ0) is 27.6. The molecule has 0 fully saturated rings. The van der Waals surface area contributed by atoms with E-state index < -0.39 is 17.8 Å². The number of hydrogen-bond donors (Lipinski definition) is 5. The fraction of sp³-hybridized carbons (Fsp3) is 0.0714. The van der Waals surface area contributed by atoms with E-state index in [2.05, 4.69) is 26.3 Å². The summed E-state index contributed by atoms with van der Waals surface area (Å²) < 4.78 is 44.3. The molecule has 198 valence electrons. The van der Waals surface area contributed by atoms with E-state index in [-0.39, 0.29) is 11.6 Å². The van der Waals surface area contributed by atoms with Gasteiger partial charge in [-0.3, -0.25) is 4.79 Å². The number of halogens is 3. The highest BCUT2D eigenvalue weighted by molar-refractivity contribution is 6.35. The van der Waals surface area contributed by atoms with Gasteiger partial charge in [-0.2, -0.15) is 13.2 Å². The first kappa shape index (κ1) is 25.5. The van der Waals surface area contributed by atoms with Gasteiger partial charge in [-0.1, -0.05) is 12.1 Å². The molecule has 1 aliphatic rings. The van der Waals surface area contributed by atoms with E-state index >= 15 is 0 Å². The number of rotatable bonds is 6. The monoisotopic (exact) mass is 533 g/mol. The van der Waals surface area contributed by atoms with Crippen molar-refractivity contribution in [1.82, 2.24) is 4.98 Å². The lowest BCUT2D eigenvalue weighted by molar-refractivity contribution is -0.137. The maximum atomic E-state index is 13.0. The standard InChI is InChI=1S/C28H22F3N5O3/c1-39-25-10-8-20(35-27(38)34-18-5-2-4-16(12-18)28(29,30)31)15-24(25)33-19-7-9-21-22(13-17-6-3-11-32-17)26(37)36-23(21)14-19/h2-15,32-33H,1H3,(H,36,37)(H2,34,35,38)/b22-13+. The molecule has 1 aliphatic heterocycles. The minimum atomic E-state index is -4.52. The number of hydrogen-bond acceptors (Lipinski definition) is 4. The highest BCUT2D eigenvalue weighted by Crippen LogP contribution is 2.37. The molecule has 0 saturated heterocycles. The zero-order valence-electron chi connectivity index (χ0n) is 20.4. The number of methoxy groups -OCH3 is 1. The number of carbonyl (C=O) groups excluding carboxylic acids is 2. The zero-order valence-corrected chi connectivity index (χ0v) is 20.4. The van der Waals surface area contributed by atoms with Crippen molar-refractivity contribution >= 4 is 52.0 Å². The summed E-state index contributed by atoms with van der Waals surface area (Å²) in [4.78, 5) is 28.1. The van der Waals surface area contributed by atoms with Gasteiger partial charge in [0.2, 0.25) is 0 Å². The van der Waals surface area contributed by atoms with Gasteiger partial charge in [-0.25, -0.2) is 4.79 Å². The number of urea groups is 1. The quantitative estimate of drug-likeness (QED) is 0.173. The smallest absolute Gasteiger partial charge is 0.416 e. The normalized spacial score (nSPS) is 13.5. The van der Waals surface area contributed by atoms with E-state index in [4.69, 9.17) is 4.74 Å². The Hall–Kier alpha value is -5.19. The van der Waals surface area contributed by atoms with Gasteiger partial charge < -0.3 is 31.0 Å². The number of ether oxygens (including phenoxy) is 1. The van der Waals surface area contributed by atoms with Gasteiger partial charge >= 0.3 is 12.2 Å². The largest absolute Gasteiger partial charge is 0.495 e. The van der Waals surface area contributed by atoms with Crippen LogP contribution >= 0.6 is 0 Å². The van der Waals surface area contributed by atoms with Crippen LogP contribution in [0.1, 0.15) is 16.8 Å². The number of aromatic amines is 1. The number of anilines is 5. The van der Waals surface area contributed by atoms with E-state index in [0.717, 1.165) is 23.4 Å². The minimum Gasteiger partial charge on any atom is -0.495 e. The van der Waals surface area contributed by atoms with Crippen molar-refractivity contribution in [3.63, 3.8) is 0 Å². The average molecular weight is 534 g/mol. The third kappa shape index (κ3) is 5.72. The number of H-pyrrole nitrogens is 1. The van der Waals surface area contributed by atoms with Crippen molar-refractivity contribution in [3.05, 3.63) is 95.8 Å². The van der Waals surface area contributed by atoms with Crippen molar-refractivity contribution < 1.29 is 27.5 Å². The molecule has 1 aromatic heterocycles. The molecule has 39 heavy (non-hydrogen) atoms. The first-order valence-corrected chi connectivity index (χ1v) is 11.7. The molecule has 3 amide bonds. The molecule has 0 spiro atoms. The Morgan fingerprint density at radius 3 is 2.41 bits per heavy atom. The molecule has 2 heterocycles. The minimum absolute atomic E-state index is 0.000872. The summed E-state index contributed by atoms with van der Waals surface area (Å²) in [6, 6.07) is 17.6. The Balaban J connectivity index is 1.32. The van der Waals surface area contributed by atoms with Crippen molar-refractivity contribution in [2.75, 3.05) is 28.4 Å². The summed E-state index contributed by atoms with van der Waals surface area (Å²) in [7, 11) is 1.49. The maximum Gasteiger partial charge on any atom is 0.416 e. The fourth-order valence-corrected chi connectivity index (χ4v) is 4.11. The van der Waals surface area contributed by atoms with Crippen LogP contribution in [0.25, 0.3) is 11.6 Å². The molecule has 0 atom stereocenters. The van der Waals surface area contributed by atoms with Gasteiger partial charge in [0.25, 0.3) is 5.91 Å². The molecule has 0 bridgehead atoms. The highest BCUT2D eigenvalue weighted by atomic mass is 19.4. The molecular weight excluding hydrogens is 511 g/mol. The molecule has 4 aromatic rings. The van der Waals surface area contributed by atoms with Crippen molar-refractivity contribution in [1.29, 1.82) is 0 Å². The number of aromatic nitrogens is 1. The molecule has 0 aliphatic carbocycles. The average Bonchev–Trinajstić information content (AvgIpc) is 3.51. The Morgan fingerprint density at radius 2 is 1.69 bits per heavy atom. The van der Waals surface area contributed by atoms with E-state index in [9.17, 15) is 22.8 Å². The number of nitrogens with one attached hydrogen (secondary N) is 5. The van der Waals surface area contributed by atoms with E-state index in [1.165, 1.54) is 19.2 Å². The van der Waals surface area contributed by atoms with Crippen LogP contribution in [0.5, 0.6) is 5.75 Å². The predicted molar refractivity (Wildman–Crippen MR) is 144 cm³/mol. The second-order valence-electron chi connectivity index (χ2n) is 8.60. The summed E-state index contributed by atoms with van der Waals surface area (Å²) in [6.07, 6.45) is -0.972. The molecule has 0 saturated carbocycles. The molecule has 3 aromatic carbocycles. The number of fused-ring (bicyclic) bond motifs is 1. The topological polar surface area (TPSA) is 107 Å². The number of amides is 3. The molecule has 5 rings (SSSR count). The summed E-state index contributed by atoms with van der Waals surface area (Å²) in [5.74, 6) is 0.267. The molecule has 0 radical (unpaired) electrons. The Morgan fingerprint density at radius 1 is 0.923 bits per heavy atom. The second-order valence-corrected chi connectivity index (χ2v) is 8.60. The first-order valence-electron chi connectivity index (χ1n) is 11.7. The van der Waals surface area contributed by atoms with Gasteiger partial charge in [0.1, 0.15) is 5.75 Å². The van der Waals surface area contributed by atoms with Crippen LogP contribution in [-0.4, -0.2) is 24.0 Å². The fourth-order valence-electron chi connectivity index (χ4n) is 4.11. The summed E-state index contributed by atoms with van der Waals surface area (Å²) in [5.41, 5.74) is 3.40. The predicted octanol–water partition coefficient (Wildman–Crippen LogP) is 6.92. The number of benzene rings is 3. The SMILES string of the molecule is COc1ccc(NC(=O)Nc2cccc(C(F)(F)F)c2)cc1Nc1ccc2c(c1)NC(=O)/C2=C/c1ccc[nH]1. The van der Waals surface area contributed by atoms with E-state index in [0.29, 0.717) is 34.1 Å². The second kappa shape index (κ2) is 10.3. The van der Waals surface area contributed by atoms with Crippen LogP contribution in [0.15, 0.2) is 79.0 Å². The van der Waals surface area contributed by atoms with Gasteiger partial charge in [0.15, 0.2) is 0 Å². The van der Waals surface area contributed by atoms with Crippen molar-refractivity contribution in [2.24, 2.45) is 0 Å². The van der Waals surface area contributed by atoms with Crippen molar-refractivity contribution in [3.8, 4) is 5.75 Å². The summed E-state index contributed by atoms with van der Waals surface area (Å²) in [5, 5.41) is 11.1. The van der Waals surface area contributed by atoms with Gasteiger partial charge in [0, 0.05) is 34.5 Å².